The Hall–Kier alpha value is -2.90. The Kier molecular flexibility index (Phi) is 9.69. The van der Waals surface area contributed by atoms with Crippen LogP contribution in [0.1, 0.15) is 25.0 Å². The highest BCUT2D eigenvalue weighted by molar-refractivity contribution is 9.10. The van der Waals surface area contributed by atoms with Crippen LogP contribution in [0.15, 0.2) is 77.3 Å². The summed E-state index contributed by atoms with van der Waals surface area (Å²) in [7, 11) is 0. The maximum Gasteiger partial charge on any atom is 0.261 e. The molecule has 0 fully saturated rings. The molecule has 5 nitrogen and oxygen atoms in total. The van der Waals surface area contributed by atoms with Gasteiger partial charge in [-0.2, -0.15) is 0 Å². The van der Waals surface area contributed by atoms with Gasteiger partial charge in [0.15, 0.2) is 6.61 Å². The fraction of sp³-hybridized carbons (Fsp3) is 0.259. The highest BCUT2D eigenvalue weighted by atomic mass is 79.9. The van der Waals surface area contributed by atoms with Crippen LogP contribution in [0.2, 0.25) is 5.02 Å². The summed E-state index contributed by atoms with van der Waals surface area (Å²) in [6.07, 6.45) is 0.316. The van der Waals surface area contributed by atoms with Gasteiger partial charge in [0.05, 0.1) is 4.47 Å². The molecule has 0 spiro atoms. The molecule has 0 saturated carbocycles. The van der Waals surface area contributed by atoms with Crippen LogP contribution in [0.5, 0.6) is 5.75 Å². The number of halogens is 3. The van der Waals surface area contributed by atoms with Crippen molar-refractivity contribution in [2.45, 2.75) is 38.9 Å². The average Bonchev–Trinajstić information content (AvgIpc) is 2.82. The van der Waals surface area contributed by atoms with Crippen molar-refractivity contribution in [2.75, 3.05) is 6.61 Å². The van der Waals surface area contributed by atoms with E-state index in [1.807, 2.05) is 44.2 Å². The molecule has 0 heterocycles. The number of benzene rings is 3. The Balaban J connectivity index is 1.91. The lowest BCUT2D eigenvalue weighted by atomic mass is 10.0. The number of nitrogens with zero attached hydrogens (tertiary/aromatic N) is 1. The molecule has 1 N–H and O–H groups in total. The summed E-state index contributed by atoms with van der Waals surface area (Å²) in [6.45, 7) is 3.56. The van der Waals surface area contributed by atoms with E-state index in [-0.39, 0.29) is 36.8 Å². The third-order valence-corrected chi connectivity index (χ3v) is 6.07. The molecule has 1 atom stereocenters. The topological polar surface area (TPSA) is 58.6 Å². The second-order valence-corrected chi connectivity index (χ2v) is 9.67. The molecule has 3 aromatic rings. The maximum atomic E-state index is 13.5. The third kappa shape index (κ3) is 8.08. The minimum Gasteiger partial charge on any atom is -0.483 e. The van der Waals surface area contributed by atoms with Crippen LogP contribution in [0.4, 0.5) is 4.39 Å². The standard InChI is InChI=1S/C27H27BrClFN2O3/c1-18(2)31-27(34)24(14-19-6-4-3-5-7-19)32(16-20-8-11-22(30)12-9-20)26(33)17-35-25-13-10-21(29)15-23(25)28/h3-13,15,18,24H,14,16-17H2,1-2H3,(H,31,34)/t24-/m0/s1. The van der Waals surface area contributed by atoms with E-state index in [1.165, 1.54) is 17.0 Å². The van der Waals surface area contributed by atoms with Crippen LogP contribution < -0.4 is 10.1 Å². The summed E-state index contributed by atoms with van der Waals surface area (Å²) in [5.74, 6) is -0.570. The van der Waals surface area contributed by atoms with E-state index in [4.69, 9.17) is 16.3 Å². The molecule has 0 unspecified atom stereocenters. The van der Waals surface area contributed by atoms with Gasteiger partial charge in [-0.1, -0.05) is 54.1 Å². The van der Waals surface area contributed by atoms with E-state index in [1.54, 1.807) is 30.3 Å². The lowest BCUT2D eigenvalue weighted by Gasteiger charge is -2.32. The van der Waals surface area contributed by atoms with Crippen molar-refractivity contribution in [3.8, 4) is 5.75 Å². The van der Waals surface area contributed by atoms with Gasteiger partial charge in [-0.15, -0.1) is 0 Å². The summed E-state index contributed by atoms with van der Waals surface area (Å²) in [4.78, 5) is 28.3. The minimum absolute atomic E-state index is 0.107. The van der Waals surface area contributed by atoms with Gasteiger partial charge in [-0.05, 0) is 71.2 Å². The van der Waals surface area contributed by atoms with Crippen molar-refractivity contribution < 1.29 is 18.7 Å². The zero-order chi connectivity index (χ0) is 25.4. The number of rotatable bonds is 10. The van der Waals surface area contributed by atoms with Crippen LogP contribution in [0.3, 0.4) is 0 Å². The minimum atomic E-state index is -0.797. The number of carbonyl (C=O) groups is 2. The Morgan fingerprint density at radius 3 is 2.34 bits per heavy atom. The maximum absolute atomic E-state index is 13.5. The molecule has 35 heavy (non-hydrogen) atoms. The molecular weight excluding hydrogens is 535 g/mol. The largest absolute Gasteiger partial charge is 0.483 e. The predicted molar refractivity (Wildman–Crippen MR) is 139 cm³/mol. The van der Waals surface area contributed by atoms with Crippen molar-refractivity contribution in [3.63, 3.8) is 0 Å². The fourth-order valence-corrected chi connectivity index (χ4v) is 4.33. The number of hydrogen-bond donors (Lipinski definition) is 1. The zero-order valence-corrected chi connectivity index (χ0v) is 21.9. The first-order chi connectivity index (χ1) is 16.7. The highest BCUT2D eigenvalue weighted by Crippen LogP contribution is 2.28. The normalized spacial score (nSPS) is 11.7. The molecule has 2 amide bonds. The van der Waals surface area contributed by atoms with Crippen molar-refractivity contribution >= 4 is 39.3 Å². The molecule has 0 bridgehead atoms. The average molecular weight is 562 g/mol. The Bertz CT molecular complexity index is 1140. The van der Waals surface area contributed by atoms with Gasteiger partial charge in [-0.25, -0.2) is 4.39 Å². The quantitative estimate of drug-likeness (QED) is 0.341. The monoisotopic (exact) mass is 560 g/mol. The van der Waals surface area contributed by atoms with Gasteiger partial charge in [0, 0.05) is 24.0 Å². The molecule has 184 valence electrons. The molecule has 0 radical (unpaired) electrons. The van der Waals surface area contributed by atoms with Crippen molar-refractivity contribution in [1.29, 1.82) is 0 Å². The summed E-state index contributed by atoms with van der Waals surface area (Å²) < 4.78 is 19.9. The van der Waals surface area contributed by atoms with E-state index >= 15 is 0 Å². The van der Waals surface area contributed by atoms with E-state index in [2.05, 4.69) is 21.2 Å². The Morgan fingerprint density at radius 1 is 1.03 bits per heavy atom. The molecule has 0 aliphatic carbocycles. The van der Waals surface area contributed by atoms with Gasteiger partial charge < -0.3 is 15.0 Å². The first-order valence-electron chi connectivity index (χ1n) is 11.2. The number of carbonyl (C=O) groups excluding carboxylic acids is 2. The van der Waals surface area contributed by atoms with E-state index in [0.717, 1.165) is 5.56 Å². The van der Waals surface area contributed by atoms with Gasteiger partial charge in [0.1, 0.15) is 17.6 Å². The predicted octanol–water partition coefficient (Wildman–Crippen LogP) is 5.79. The molecule has 0 aromatic heterocycles. The van der Waals surface area contributed by atoms with Gasteiger partial charge >= 0.3 is 0 Å². The van der Waals surface area contributed by atoms with E-state index < -0.39 is 6.04 Å². The molecular formula is C27H27BrClFN2O3. The van der Waals surface area contributed by atoms with Gasteiger partial charge in [0.2, 0.25) is 5.91 Å². The summed E-state index contributed by atoms with van der Waals surface area (Å²) >= 11 is 9.38. The Morgan fingerprint density at radius 2 is 1.71 bits per heavy atom. The number of nitrogens with one attached hydrogen (secondary N) is 1. The summed E-state index contributed by atoms with van der Waals surface area (Å²) in [5, 5.41) is 3.46. The van der Waals surface area contributed by atoms with Crippen molar-refractivity contribution in [1.82, 2.24) is 10.2 Å². The lowest BCUT2D eigenvalue weighted by Crippen LogP contribution is -2.52. The van der Waals surface area contributed by atoms with Crippen LogP contribution in [0.25, 0.3) is 0 Å². The lowest BCUT2D eigenvalue weighted by molar-refractivity contribution is -0.143. The molecule has 3 rings (SSSR count). The molecule has 3 aromatic carbocycles. The van der Waals surface area contributed by atoms with Crippen LogP contribution in [-0.4, -0.2) is 35.4 Å². The number of ether oxygens (including phenoxy) is 1. The second-order valence-electron chi connectivity index (χ2n) is 8.38. The van der Waals surface area contributed by atoms with Gasteiger partial charge in [-0.3, -0.25) is 9.59 Å². The van der Waals surface area contributed by atoms with Crippen LogP contribution >= 0.6 is 27.5 Å². The summed E-state index contributed by atoms with van der Waals surface area (Å²) in [6, 6.07) is 19.5. The van der Waals surface area contributed by atoms with Crippen LogP contribution in [0, 0.1) is 5.82 Å². The molecule has 8 heteroatoms. The zero-order valence-electron chi connectivity index (χ0n) is 19.5. The second kappa shape index (κ2) is 12.7. The third-order valence-electron chi connectivity index (χ3n) is 5.21. The number of amides is 2. The van der Waals surface area contributed by atoms with Crippen molar-refractivity contribution in [3.05, 3.63) is 99.2 Å². The highest BCUT2D eigenvalue weighted by Gasteiger charge is 2.31. The fourth-order valence-electron chi connectivity index (χ4n) is 3.54. The molecule has 0 aliphatic rings. The first kappa shape index (κ1) is 26.7. The molecule has 0 saturated heterocycles. The summed E-state index contributed by atoms with van der Waals surface area (Å²) in [5.41, 5.74) is 1.61. The first-order valence-corrected chi connectivity index (χ1v) is 12.4. The van der Waals surface area contributed by atoms with E-state index in [0.29, 0.717) is 27.2 Å². The van der Waals surface area contributed by atoms with Crippen molar-refractivity contribution in [2.24, 2.45) is 0 Å². The number of hydrogen-bond acceptors (Lipinski definition) is 3. The van der Waals surface area contributed by atoms with Gasteiger partial charge in [0.25, 0.3) is 5.91 Å². The van der Waals surface area contributed by atoms with E-state index in [9.17, 15) is 14.0 Å². The SMILES string of the molecule is CC(C)NC(=O)[C@H](Cc1ccccc1)N(Cc1ccc(F)cc1)C(=O)COc1ccc(Cl)cc1Br. The molecule has 0 aliphatic heterocycles. The van der Waals surface area contributed by atoms with Crippen LogP contribution in [-0.2, 0) is 22.6 Å². The smallest absolute Gasteiger partial charge is 0.261 e. The Labute approximate surface area is 218 Å².